The molecule has 94 valence electrons. The second-order valence-electron chi connectivity index (χ2n) is 4.08. The predicted octanol–water partition coefficient (Wildman–Crippen LogP) is 3.54. The van der Waals surface area contributed by atoms with Gasteiger partial charge in [0.2, 0.25) is 0 Å². The van der Waals surface area contributed by atoms with E-state index in [1.165, 1.54) is 6.07 Å². The van der Waals surface area contributed by atoms with E-state index in [4.69, 9.17) is 5.73 Å². The summed E-state index contributed by atoms with van der Waals surface area (Å²) in [5, 5.41) is 0. The second kappa shape index (κ2) is 4.82. The van der Waals surface area contributed by atoms with Crippen LogP contribution in [0.15, 0.2) is 30.3 Å². The fourth-order valence-corrected chi connectivity index (χ4v) is 1.89. The van der Waals surface area contributed by atoms with Gasteiger partial charge in [-0.1, -0.05) is 18.2 Å². The molecular weight excluding hydrogens is 239 g/mol. The molecule has 0 unspecified atom stereocenters. The standard InChI is InChI=1S/C14H12F3N/c1-8-6-9(7-18)2-3-10(8)11-4-5-12(15)14(17)13(11)16/h2-6H,7,18H2,1H3. The average Bonchev–Trinajstić information content (AvgIpc) is 2.37. The molecule has 2 N–H and O–H groups in total. The average molecular weight is 251 g/mol. The van der Waals surface area contributed by atoms with Gasteiger partial charge in [0.05, 0.1) is 0 Å². The van der Waals surface area contributed by atoms with Crippen molar-refractivity contribution < 1.29 is 13.2 Å². The van der Waals surface area contributed by atoms with Crippen molar-refractivity contribution in [1.29, 1.82) is 0 Å². The van der Waals surface area contributed by atoms with Crippen LogP contribution in [0, 0.1) is 24.4 Å². The van der Waals surface area contributed by atoms with Crippen molar-refractivity contribution in [2.45, 2.75) is 13.5 Å². The highest BCUT2D eigenvalue weighted by atomic mass is 19.2. The van der Waals surface area contributed by atoms with Crippen molar-refractivity contribution in [1.82, 2.24) is 0 Å². The van der Waals surface area contributed by atoms with Gasteiger partial charge in [0, 0.05) is 12.1 Å². The number of hydrogen-bond acceptors (Lipinski definition) is 1. The highest BCUT2D eigenvalue weighted by Crippen LogP contribution is 2.29. The summed E-state index contributed by atoms with van der Waals surface area (Å²) in [7, 11) is 0. The van der Waals surface area contributed by atoms with Crippen molar-refractivity contribution in [3.05, 3.63) is 58.9 Å². The summed E-state index contributed by atoms with van der Waals surface area (Å²) in [4.78, 5) is 0. The van der Waals surface area contributed by atoms with Gasteiger partial charge in [-0.3, -0.25) is 0 Å². The molecule has 0 aliphatic heterocycles. The van der Waals surface area contributed by atoms with E-state index in [-0.39, 0.29) is 5.56 Å². The molecule has 0 saturated carbocycles. The van der Waals surface area contributed by atoms with E-state index >= 15 is 0 Å². The second-order valence-corrected chi connectivity index (χ2v) is 4.08. The van der Waals surface area contributed by atoms with Crippen molar-refractivity contribution in [2.24, 2.45) is 5.73 Å². The van der Waals surface area contributed by atoms with E-state index in [0.29, 0.717) is 12.1 Å². The monoisotopic (exact) mass is 251 g/mol. The van der Waals surface area contributed by atoms with E-state index in [2.05, 4.69) is 0 Å². The SMILES string of the molecule is Cc1cc(CN)ccc1-c1ccc(F)c(F)c1F. The topological polar surface area (TPSA) is 26.0 Å². The molecule has 0 aliphatic rings. The third kappa shape index (κ3) is 2.11. The molecule has 2 aromatic carbocycles. The first-order valence-corrected chi connectivity index (χ1v) is 5.48. The molecule has 0 heterocycles. The van der Waals surface area contributed by atoms with Gasteiger partial charge in [0.25, 0.3) is 0 Å². The summed E-state index contributed by atoms with van der Waals surface area (Å²) in [6.45, 7) is 2.15. The lowest BCUT2D eigenvalue weighted by Crippen LogP contribution is -1.99. The van der Waals surface area contributed by atoms with Crippen LogP contribution in [-0.4, -0.2) is 0 Å². The molecule has 0 saturated heterocycles. The number of nitrogens with two attached hydrogens (primary N) is 1. The molecule has 2 aromatic rings. The van der Waals surface area contributed by atoms with Crippen LogP contribution in [0.5, 0.6) is 0 Å². The Morgan fingerprint density at radius 1 is 0.944 bits per heavy atom. The Bertz CT molecular complexity index is 594. The molecule has 0 fully saturated rings. The summed E-state index contributed by atoms with van der Waals surface area (Å²) in [6.07, 6.45) is 0. The van der Waals surface area contributed by atoms with Crippen molar-refractivity contribution in [3.63, 3.8) is 0 Å². The molecule has 0 bridgehead atoms. The zero-order valence-corrected chi connectivity index (χ0v) is 9.81. The number of rotatable bonds is 2. The fraction of sp³-hybridized carbons (Fsp3) is 0.143. The van der Waals surface area contributed by atoms with E-state index < -0.39 is 17.5 Å². The molecule has 0 amide bonds. The Labute approximate surface area is 103 Å². The molecule has 0 spiro atoms. The molecule has 0 atom stereocenters. The van der Waals surface area contributed by atoms with Crippen molar-refractivity contribution in [2.75, 3.05) is 0 Å². The highest BCUT2D eigenvalue weighted by Gasteiger charge is 2.15. The summed E-state index contributed by atoms with van der Waals surface area (Å²) in [5.41, 5.74) is 7.75. The Morgan fingerprint density at radius 2 is 1.61 bits per heavy atom. The van der Waals surface area contributed by atoms with Crippen LogP contribution >= 0.6 is 0 Å². The third-order valence-corrected chi connectivity index (χ3v) is 2.85. The lowest BCUT2D eigenvalue weighted by Gasteiger charge is -2.09. The maximum Gasteiger partial charge on any atom is 0.195 e. The van der Waals surface area contributed by atoms with E-state index in [1.807, 2.05) is 0 Å². The smallest absolute Gasteiger partial charge is 0.195 e. The minimum Gasteiger partial charge on any atom is -0.326 e. The number of halogens is 3. The predicted molar refractivity (Wildman–Crippen MR) is 64.4 cm³/mol. The molecule has 4 heteroatoms. The van der Waals surface area contributed by atoms with Crippen LogP contribution in [0.25, 0.3) is 11.1 Å². The molecule has 0 radical (unpaired) electrons. The van der Waals surface area contributed by atoms with E-state index in [9.17, 15) is 13.2 Å². The highest BCUT2D eigenvalue weighted by molar-refractivity contribution is 5.68. The fourth-order valence-electron chi connectivity index (χ4n) is 1.89. The zero-order chi connectivity index (χ0) is 13.3. The van der Waals surface area contributed by atoms with Crippen LogP contribution in [-0.2, 0) is 6.54 Å². The Morgan fingerprint density at radius 3 is 2.22 bits per heavy atom. The van der Waals surface area contributed by atoms with Crippen LogP contribution < -0.4 is 5.73 Å². The largest absolute Gasteiger partial charge is 0.326 e. The van der Waals surface area contributed by atoms with Crippen LogP contribution in [0.1, 0.15) is 11.1 Å². The first-order chi connectivity index (χ1) is 8.54. The van der Waals surface area contributed by atoms with Gasteiger partial charge < -0.3 is 5.73 Å². The van der Waals surface area contributed by atoms with E-state index in [1.54, 1.807) is 25.1 Å². The van der Waals surface area contributed by atoms with Crippen LogP contribution in [0.4, 0.5) is 13.2 Å². The first-order valence-electron chi connectivity index (χ1n) is 5.48. The lowest BCUT2D eigenvalue weighted by atomic mass is 9.98. The van der Waals surface area contributed by atoms with Gasteiger partial charge in [0.15, 0.2) is 17.5 Å². The summed E-state index contributed by atoms with van der Waals surface area (Å²) < 4.78 is 39.7. The molecule has 18 heavy (non-hydrogen) atoms. The van der Waals surface area contributed by atoms with E-state index in [0.717, 1.165) is 17.2 Å². The van der Waals surface area contributed by atoms with Crippen LogP contribution in [0.2, 0.25) is 0 Å². The van der Waals surface area contributed by atoms with Crippen molar-refractivity contribution >= 4 is 0 Å². The van der Waals surface area contributed by atoms with Gasteiger partial charge in [-0.2, -0.15) is 0 Å². The van der Waals surface area contributed by atoms with Gasteiger partial charge in [-0.05, 0) is 35.7 Å². The summed E-state index contributed by atoms with van der Waals surface area (Å²) in [6, 6.07) is 7.36. The first kappa shape index (κ1) is 12.6. The summed E-state index contributed by atoms with van der Waals surface area (Å²) >= 11 is 0. The Balaban J connectivity index is 2.59. The third-order valence-electron chi connectivity index (χ3n) is 2.85. The van der Waals surface area contributed by atoms with Gasteiger partial charge in [-0.15, -0.1) is 0 Å². The minimum absolute atomic E-state index is 0.0509. The number of aryl methyl sites for hydroxylation is 1. The molecule has 0 aliphatic carbocycles. The lowest BCUT2D eigenvalue weighted by molar-refractivity contribution is 0.449. The quantitative estimate of drug-likeness (QED) is 0.812. The molecular formula is C14H12F3N. The Kier molecular flexibility index (Phi) is 3.39. The van der Waals surface area contributed by atoms with Crippen LogP contribution in [0.3, 0.4) is 0 Å². The number of benzene rings is 2. The van der Waals surface area contributed by atoms with Gasteiger partial charge in [-0.25, -0.2) is 13.2 Å². The molecule has 2 rings (SSSR count). The summed E-state index contributed by atoms with van der Waals surface area (Å²) in [5.74, 6) is -3.80. The van der Waals surface area contributed by atoms with Gasteiger partial charge in [0.1, 0.15) is 0 Å². The van der Waals surface area contributed by atoms with Gasteiger partial charge >= 0.3 is 0 Å². The normalized spacial score (nSPS) is 10.7. The maximum atomic E-state index is 13.7. The molecule has 1 nitrogen and oxygen atoms in total. The van der Waals surface area contributed by atoms with Crippen molar-refractivity contribution in [3.8, 4) is 11.1 Å². The Hall–Kier alpha value is -1.81. The maximum absolute atomic E-state index is 13.7. The molecule has 0 aromatic heterocycles. The minimum atomic E-state index is -1.45. The number of hydrogen-bond donors (Lipinski definition) is 1. The zero-order valence-electron chi connectivity index (χ0n) is 9.81.